The molecule has 0 spiro atoms. The Morgan fingerprint density at radius 3 is 2.92 bits per heavy atom. The second-order valence-electron chi connectivity index (χ2n) is 2.37. The van der Waals surface area contributed by atoms with Gasteiger partial charge in [-0.15, -0.1) is 11.3 Å². The average Bonchev–Trinajstić information content (AvgIpc) is 2.35. The van der Waals surface area contributed by atoms with E-state index in [9.17, 15) is 8.78 Å². The summed E-state index contributed by atoms with van der Waals surface area (Å²) in [5.41, 5.74) is 0. The summed E-state index contributed by atoms with van der Waals surface area (Å²) in [4.78, 5) is 5.00. The molecule has 1 N–H and O–H groups in total. The number of thiazole rings is 1. The van der Waals surface area contributed by atoms with Crippen LogP contribution < -0.4 is 5.32 Å². The van der Waals surface area contributed by atoms with Crippen LogP contribution in [0.25, 0.3) is 0 Å². The third kappa shape index (κ3) is 3.23. The van der Waals surface area contributed by atoms with Crippen LogP contribution in [-0.2, 0) is 6.54 Å². The van der Waals surface area contributed by atoms with E-state index in [0.717, 1.165) is 9.88 Å². The highest BCUT2D eigenvalue weighted by Gasteiger charge is 2.02. The van der Waals surface area contributed by atoms with Gasteiger partial charge in [0.05, 0.1) is 11.6 Å². The minimum absolute atomic E-state index is 0.253. The fourth-order valence-corrected chi connectivity index (χ4v) is 1.56. The van der Waals surface area contributed by atoms with Crippen molar-refractivity contribution in [3.8, 4) is 0 Å². The molecule has 2 nitrogen and oxygen atoms in total. The lowest BCUT2D eigenvalue weighted by molar-refractivity contribution is 0.145. The molecule has 0 bridgehead atoms. The van der Waals surface area contributed by atoms with Crippen LogP contribution in [0.5, 0.6) is 0 Å². The zero-order valence-corrected chi connectivity index (χ0v) is 7.50. The fraction of sp³-hybridized carbons (Fsp3) is 0.571. The molecule has 1 aromatic rings. The van der Waals surface area contributed by atoms with Gasteiger partial charge in [0.15, 0.2) is 0 Å². The van der Waals surface area contributed by atoms with Crippen LogP contribution in [-0.4, -0.2) is 18.0 Å². The molecule has 1 aromatic heterocycles. The molecule has 0 unspecified atom stereocenters. The van der Waals surface area contributed by atoms with Gasteiger partial charge in [-0.3, -0.25) is 0 Å². The van der Waals surface area contributed by atoms with Gasteiger partial charge >= 0.3 is 0 Å². The largest absolute Gasteiger partial charge is 0.306 e. The number of alkyl halides is 2. The van der Waals surface area contributed by atoms with Crippen molar-refractivity contribution in [1.82, 2.24) is 10.3 Å². The van der Waals surface area contributed by atoms with Crippen LogP contribution in [0.4, 0.5) is 8.78 Å². The molecule has 1 heterocycles. The van der Waals surface area contributed by atoms with Gasteiger partial charge in [-0.1, -0.05) is 0 Å². The third-order valence-corrected chi connectivity index (χ3v) is 2.18. The summed E-state index contributed by atoms with van der Waals surface area (Å²) >= 11 is 1.52. The van der Waals surface area contributed by atoms with Crippen LogP contribution in [0, 0.1) is 6.92 Å². The zero-order valence-electron chi connectivity index (χ0n) is 6.68. The SMILES string of the molecule is Cc1ncc(CNCC(F)F)s1. The van der Waals surface area contributed by atoms with E-state index in [1.54, 1.807) is 6.20 Å². The lowest BCUT2D eigenvalue weighted by Gasteiger charge is -1.99. The van der Waals surface area contributed by atoms with Crippen molar-refractivity contribution in [2.45, 2.75) is 19.9 Å². The highest BCUT2D eigenvalue weighted by atomic mass is 32.1. The number of nitrogens with zero attached hydrogens (tertiary/aromatic N) is 1. The number of aryl methyl sites for hydroxylation is 1. The molecular formula is C7H10F2N2S. The monoisotopic (exact) mass is 192 g/mol. The molecule has 0 amide bonds. The summed E-state index contributed by atoms with van der Waals surface area (Å²) in [6, 6.07) is 0. The molecule has 0 radical (unpaired) electrons. The van der Waals surface area contributed by atoms with Gasteiger partial charge in [-0.25, -0.2) is 13.8 Å². The molecule has 0 fully saturated rings. The maximum absolute atomic E-state index is 11.7. The second kappa shape index (κ2) is 4.47. The van der Waals surface area contributed by atoms with Gasteiger partial charge in [-0.05, 0) is 6.92 Å². The van der Waals surface area contributed by atoms with Gasteiger partial charge in [-0.2, -0.15) is 0 Å². The van der Waals surface area contributed by atoms with Gasteiger partial charge in [0.1, 0.15) is 0 Å². The van der Waals surface area contributed by atoms with Gasteiger partial charge in [0, 0.05) is 17.6 Å². The van der Waals surface area contributed by atoms with E-state index in [1.807, 2.05) is 6.92 Å². The summed E-state index contributed by atoms with van der Waals surface area (Å²) in [6.45, 7) is 2.12. The first-order valence-corrected chi connectivity index (χ1v) is 4.40. The van der Waals surface area contributed by atoms with Crippen LogP contribution in [0.15, 0.2) is 6.20 Å². The molecule has 0 aromatic carbocycles. The van der Waals surface area contributed by atoms with Crippen molar-refractivity contribution >= 4 is 11.3 Å². The summed E-state index contributed by atoms with van der Waals surface area (Å²) in [6.07, 6.45) is -0.572. The van der Waals surface area contributed by atoms with E-state index < -0.39 is 6.43 Å². The lowest BCUT2D eigenvalue weighted by Crippen LogP contribution is -2.19. The second-order valence-corrected chi connectivity index (χ2v) is 3.69. The van der Waals surface area contributed by atoms with Crippen molar-refractivity contribution in [2.75, 3.05) is 6.54 Å². The number of halogens is 2. The van der Waals surface area contributed by atoms with Crippen LogP contribution in [0.1, 0.15) is 9.88 Å². The number of rotatable bonds is 4. The summed E-state index contributed by atoms with van der Waals surface area (Å²) in [7, 11) is 0. The van der Waals surface area contributed by atoms with Crippen LogP contribution in [0.2, 0.25) is 0 Å². The number of nitrogens with one attached hydrogen (secondary N) is 1. The molecule has 5 heteroatoms. The quantitative estimate of drug-likeness (QED) is 0.787. The van der Waals surface area contributed by atoms with Crippen LogP contribution in [0.3, 0.4) is 0 Å². The number of hydrogen-bond donors (Lipinski definition) is 1. The Hall–Kier alpha value is -0.550. The number of hydrogen-bond acceptors (Lipinski definition) is 3. The summed E-state index contributed by atoms with van der Waals surface area (Å²) in [5, 5.41) is 3.60. The van der Waals surface area contributed by atoms with Crippen molar-refractivity contribution in [3.63, 3.8) is 0 Å². The molecular weight excluding hydrogens is 182 g/mol. The average molecular weight is 192 g/mol. The minimum Gasteiger partial charge on any atom is -0.306 e. The van der Waals surface area contributed by atoms with E-state index in [0.29, 0.717) is 6.54 Å². The number of aromatic nitrogens is 1. The molecule has 68 valence electrons. The first kappa shape index (κ1) is 9.54. The first-order valence-electron chi connectivity index (χ1n) is 3.58. The van der Waals surface area contributed by atoms with E-state index in [1.165, 1.54) is 11.3 Å². The van der Waals surface area contributed by atoms with Crippen molar-refractivity contribution in [3.05, 3.63) is 16.1 Å². The standard InChI is InChI=1S/C7H10F2N2S/c1-5-11-3-6(12-5)2-10-4-7(8)9/h3,7,10H,2,4H2,1H3. The molecule has 0 aliphatic carbocycles. The zero-order chi connectivity index (χ0) is 8.97. The van der Waals surface area contributed by atoms with Gasteiger partial charge < -0.3 is 5.32 Å². The maximum Gasteiger partial charge on any atom is 0.250 e. The smallest absolute Gasteiger partial charge is 0.250 e. The molecule has 0 saturated carbocycles. The summed E-state index contributed by atoms with van der Waals surface area (Å²) < 4.78 is 23.3. The molecule has 0 aliphatic rings. The maximum atomic E-state index is 11.7. The Kier molecular flexibility index (Phi) is 3.55. The normalized spacial score (nSPS) is 11.0. The van der Waals surface area contributed by atoms with E-state index in [-0.39, 0.29) is 6.54 Å². The third-order valence-electron chi connectivity index (χ3n) is 1.27. The van der Waals surface area contributed by atoms with Crippen molar-refractivity contribution in [1.29, 1.82) is 0 Å². The Labute approximate surface area is 73.6 Å². The predicted octanol–water partition coefficient (Wildman–Crippen LogP) is 1.81. The van der Waals surface area contributed by atoms with E-state index in [4.69, 9.17) is 0 Å². The van der Waals surface area contributed by atoms with Gasteiger partial charge in [0.2, 0.25) is 0 Å². The summed E-state index contributed by atoms with van der Waals surface area (Å²) in [5.74, 6) is 0. The van der Waals surface area contributed by atoms with E-state index >= 15 is 0 Å². The Balaban J connectivity index is 2.24. The highest BCUT2D eigenvalue weighted by molar-refractivity contribution is 7.11. The fourth-order valence-electron chi connectivity index (χ4n) is 0.792. The van der Waals surface area contributed by atoms with Gasteiger partial charge in [0.25, 0.3) is 6.43 Å². The predicted molar refractivity (Wildman–Crippen MR) is 44.6 cm³/mol. The molecule has 12 heavy (non-hydrogen) atoms. The highest BCUT2D eigenvalue weighted by Crippen LogP contribution is 2.10. The van der Waals surface area contributed by atoms with Crippen molar-refractivity contribution in [2.24, 2.45) is 0 Å². The minimum atomic E-state index is -2.28. The topological polar surface area (TPSA) is 24.9 Å². The van der Waals surface area contributed by atoms with Crippen molar-refractivity contribution < 1.29 is 8.78 Å². The Bertz CT molecular complexity index is 237. The molecule has 0 atom stereocenters. The Morgan fingerprint density at radius 1 is 1.67 bits per heavy atom. The molecule has 1 rings (SSSR count). The molecule has 0 aliphatic heterocycles. The first-order chi connectivity index (χ1) is 5.68. The molecule has 0 saturated heterocycles. The lowest BCUT2D eigenvalue weighted by atomic mass is 10.5. The van der Waals surface area contributed by atoms with Crippen LogP contribution >= 0.6 is 11.3 Å². The van der Waals surface area contributed by atoms with E-state index in [2.05, 4.69) is 10.3 Å². The Morgan fingerprint density at radius 2 is 2.42 bits per heavy atom.